The number of aromatic nitrogens is 2. The maximum Gasteiger partial charge on any atom is 0.225 e. The highest BCUT2D eigenvalue weighted by Crippen LogP contribution is 2.34. The summed E-state index contributed by atoms with van der Waals surface area (Å²) in [5, 5.41) is 8.60. The Morgan fingerprint density at radius 3 is 2.36 bits per heavy atom. The largest absolute Gasteiger partial charge is 0.425 e. The average Bonchev–Trinajstić information content (AvgIpc) is 3.05. The molecule has 0 bridgehead atoms. The SMILES string of the molecule is CC(C)C(=O)N1CCCC(c2nnc(C3CCCCC3)o2)C1. The lowest BCUT2D eigenvalue weighted by Gasteiger charge is -2.32. The van der Waals surface area contributed by atoms with Crippen LogP contribution in [0.4, 0.5) is 0 Å². The number of carbonyl (C=O) groups is 1. The van der Waals surface area contributed by atoms with E-state index in [-0.39, 0.29) is 17.7 Å². The van der Waals surface area contributed by atoms with Crippen LogP contribution < -0.4 is 0 Å². The number of hydrogen-bond acceptors (Lipinski definition) is 4. The van der Waals surface area contributed by atoms with Gasteiger partial charge in [0, 0.05) is 24.9 Å². The molecule has 1 saturated carbocycles. The lowest BCUT2D eigenvalue weighted by molar-refractivity contribution is -0.135. The minimum atomic E-state index is 0.0548. The molecule has 0 radical (unpaired) electrons. The summed E-state index contributed by atoms with van der Waals surface area (Å²) in [5.74, 6) is 2.51. The molecular weight excluding hydrogens is 278 g/mol. The van der Waals surface area contributed by atoms with Crippen molar-refractivity contribution < 1.29 is 9.21 Å². The van der Waals surface area contributed by atoms with Gasteiger partial charge >= 0.3 is 0 Å². The highest BCUT2D eigenvalue weighted by Gasteiger charge is 2.30. The molecular formula is C17H27N3O2. The molecule has 1 aliphatic carbocycles. The first kappa shape index (κ1) is 15.5. The van der Waals surface area contributed by atoms with Crippen LogP contribution in [0.15, 0.2) is 4.42 Å². The fourth-order valence-corrected chi connectivity index (χ4v) is 3.67. The topological polar surface area (TPSA) is 59.2 Å². The number of hydrogen-bond donors (Lipinski definition) is 0. The second kappa shape index (κ2) is 6.80. The molecule has 2 aliphatic rings. The molecule has 2 heterocycles. The van der Waals surface area contributed by atoms with Gasteiger partial charge in [0.25, 0.3) is 0 Å². The number of piperidine rings is 1. The van der Waals surface area contributed by atoms with E-state index >= 15 is 0 Å². The third-order valence-corrected chi connectivity index (χ3v) is 4.99. The van der Waals surface area contributed by atoms with Gasteiger partial charge in [-0.2, -0.15) is 0 Å². The molecule has 3 rings (SSSR count). The molecule has 0 aromatic carbocycles. The standard InChI is InChI=1S/C17H27N3O2/c1-12(2)17(21)20-10-6-9-14(11-20)16-19-18-15(22-16)13-7-4-3-5-8-13/h12-14H,3-11H2,1-2H3. The summed E-state index contributed by atoms with van der Waals surface area (Å²) in [6.45, 7) is 5.50. The predicted molar refractivity (Wildman–Crippen MR) is 83.5 cm³/mol. The number of rotatable bonds is 3. The van der Waals surface area contributed by atoms with Crippen LogP contribution in [0.2, 0.25) is 0 Å². The molecule has 1 aliphatic heterocycles. The summed E-state index contributed by atoms with van der Waals surface area (Å²) < 4.78 is 5.99. The minimum absolute atomic E-state index is 0.0548. The first-order valence-corrected chi connectivity index (χ1v) is 8.77. The maximum atomic E-state index is 12.2. The van der Waals surface area contributed by atoms with E-state index in [1.54, 1.807) is 0 Å². The monoisotopic (exact) mass is 305 g/mol. The molecule has 1 amide bonds. The van der Waals surface area contributed by atoms with E-state index in [0.717, 1.165) is 37.7 Å². The van der Waals surface area contributed by atoms with Crippen molar-refractivity contribution in [2.24, 2.45) is 5.92 Å². The number of carbonyl (C=O) groups excluding carboxylic acids is 1. The van der Waals surface area contributed by atoms with Gasteiger partial charge in [0.05, 0.1) is 5.92 Å². The summed E-state index contributed by atoms with van der Waals surface area (Å²) in [6, 6.07) is 0. The molecule has 1 aromatic heterocycles. The van der Waals surface area contributed by atoms with Crippen LogP contribution in [0.3, 0.4) is 0 Å². The van der Waals surface area contributed by atoms with E-state index in [1.165, 1.54) is 32.1 Å². The zero-order valence-corrected chi connectivity index (χ0v) is 13.8. The van der Waals surface area contributed by atoms with E-state index in [2.05, 4.69) is 10.2 Å². The molecule has 1 atom stereocenters. The molecule has 1 aromatic rings. The van der Waals surface area contributed by atoms with Gasteiger partial charge < -0.3 is 9.32 Å². The summed E-state index contributed by atoms with van der Waals surface area (Å²) in [6.07, 6.45) is 8.25. The van der Waals surface area contributed by atoms with Crippen molar-refractivity contribution >= 4 is 5.91 Å². The molecule has 1 saturated heterocycles. The number of likely N-dealkylation sites (tertiary alicyclic amines) is 1. The van der Waals surface area contributed by atoms with Crippen LogP contribution in [0.1, 0.15) is 82.4 Å². The van der Waals surface area contributed by atoms with Gasteiger partial charge in [-0.3, -0.25) is 4.79 Å². The second-order valence-electron chi connectivity index (χ2n) is 7.09. The van der Waals surface area contributed by atoms with E-state index < -0.39 is 0 Å². The molecule has 1 unspecified atom stereocenters. The van der Waals surface area contributed by atoms with Crippen molar-refractivity contribution in [2.75, 3.05) is 13.1 Å². The molecule has 0 spiro atoms. The van der Waals surface area contributed by atoms with Gasteiger partial charge in [-0.05, 0) is 25.7 Å². The van der Waals surface area contributed by atoms with Gasteiger partial charge in [-0.15, -0.1) is 10.2 Å². The van der Waals surface area contributed by atoms with Crippen LogP contribution in [0.25, 0.3) is 0 Å². The van der Waals surface area contributed by atoms with Crippen molar-refractivity contribution in [3.63, 3.8) is 0 Å². The molecule has 5 nitrogen and oxygen atoms in total. The van der Waals surface area contributed by atoms with Gasteiger partial charge in [-0.1, -0.05) is 33.1 Å². The minimum Gasteiger partial charge on any atom is -0.425 e. The normalized spacial score (nSPS) is 24.0. The fraction of sp³-hybridized carbons (Fsp3) is 0.824. The predicted octanol–water partition coefficient (Wildman–Crippen LogP) is 3.48. The van der Waals surface area contributed by atoms with Gasteiger partial charge in [-0.25, -0.2) is 0 Å². The van der Waals surface area contributed by atoms with E-state index in [4.69, 9.17) is 4.42 Å². The Labute approximate surface area is 132 Å². The smallest absolute Gasteiger partial charge is 0.225 e. The average molecular weight is 305 g/mol. The fourth-order valence-electron chi connectivity index (χ4n) is 3.67. The Morgan fingerprint density at radius 1 is 1.05 bits per heavy atom. The Balaban J connectivity index is 1.66. The Hall–Kier alpha value is -1.39. The van der Waals surface area contributed by atoms with Crippen LogP contribution in [-0.2, 0) is 4.79 Å². The summed E-state index contributed by atoms with van der Waals surface area (Å²) in [4.78, 5) is 14.1. The lowest BCUT2D eigenvalue weighted by atomic mass is 9.89. The van der Waals surface area contributed by atoms with Crippen LogP contribution in [-0.4, -0.2) is 34.1 Å². The van der Waals surface area contributed by atoms with Crippen LogP contribution >= 0.6 is 0 Å². The number of nitrogens with zero attached hydrogens (tertiary/aromatic N) is 3. The molecule has 2 fully saturated rings. The van der Waals surface area contributed by atoms with Gasteiger partial charge in [0.15, 0.2) is 0 Å². The van der Waals surface area contributed by atoms with Crippen molar-refractivity contribution in [3.8, 4) is 0 Å². The highest BCUT2D eigenvalue weighted by molar-refractivity contribution is 5.78. The van der Waals surface area contributed by atoms with Crippen molar-refractivity contribution in [1.29, 1.82) is 0 Å². The van der Waals surface area contributed by atoms with Gasteiger partial charge in [0.2, 0.25) is 17.7 Å². The zero-order valence-electron chi connectivity index (χ0n) is 13.8. The number of amides is 1. The van der Waals surface area contributed by atoms with Gasteiger partial charge in [0.1, 0.15) is 0 Å². The third-order valence-electron chi connectivity index (χ3n) is 4.99. The maximum absolute atomic E-state index is 12.2. The van der Waals surface area contributed by atoms with E-state index in [1.807, 2.05) is 18.7 Å². The first-order valence-electron chi connectivity index (χ1n) is 8.77. The molecule has 0 N–H and O–H groups in total. The van der Waals surface area contributed by atoms with Crippen molar-refractivity contribution in [1.82, 2.24) is 15.1 Å². The first-order chi connectivity index (χ1) is 10.6. The van der Waals surface area contributed by atoms with Crippen LogP contribution in [0, 0.1) is 5.92 Å². The second-order valence-corrected chi connectivity index (χ2v) is 7.09. The molecule has 122 valence electrons. The Morgan fingerprint density at radius 2 is 1.68 bits per heavy atom. The van der Waals surface area contributed by atoms with Crippen LogP contribution in [0.5, 0.6) is 0 Å². The van der Waals surface area contributed by atoms with Crippen molar-refractivity contribution in [3.05, 3.63) is 11.8 Å². The summed E-state index contributed by atoms with van der Waals surface area (Å²) in [5.41, 5.74) is 0. The zero-order chi connectivity index (χ0) is 15.5. The molecule has 22 heavy (non-hydrogen) atoms. The molecule has 5 heteroatoms. The summed E-state index contributed by atoms with van der Waals surface area (Å²) in [7, 11) is 0. The third kappa shape index (κ3) is 3.33. The lowest BCUT2D eigenvalue weighted by Crippen LogP contribution is -2.41. The van der Waals surface area contributed by atoms with Crippen molar-refractivity contribution in [2.45, 2.75) is 70.6 Å². The van der Waals surface area contributed by atoms with E-state index in [0.29, 0.717) is 5.92 Å². The quantitative estimate of drug-likeness (QED) is 0.858. The highest BCUT2D eigenvalue weighted by atomic mass is 16.4. The summed E-state index contributed by atoms with van der Waals surface area (Å²) >= 11 is 0. The Kier molecular flexibility index (Phi) is 4.79. The van der Waals surface area contributed by atoms with E-state index in [9.17, 15) is 4.79 Å². The Bertz CT molecular complexity index is 506.